The summed E-state index contributed by atoms with van der Waals surface area (Å²) < 4.78 is 13.7. The summed E-state index contributed by atoms with van der Waals surface area (Å²) in [5.74, 6) is -1.23. The van der Waals surface area contributed by atoms with Gasteiger partial charge >= 0.3 is 0 Å². The highest BCUT2D eigenvalue weighted by Crippen LogP contribution is 2.30. The molecule has 0 bridgehead atoms. The van der Waals surface area contributed by atoms with Crippen molar-refractivity contribution in [2.24, 2.45) is 0 Å². The first-order valence-corrected chi connectivity index (χ1v) is 11.8. The third-order valence-electron chi connectivity index (χ3n) is 5.42. The Labute approximate surface area is 210 Å². The van der Waals surface area contributed by atoms with Gasteiger partial charge in [-0.15, -0.1) is 0 Å². The molecule has 3 amide bonds. The van der Waals surface area contributed by atoms with E-state index in [2.05, 4.69) is 15.6 Å². The first kappa shape index (κ1) is 26.5. The number of anilines is 2. The zero-order chi connectivity index (χ0) is 26.2. The highest BCUT2D eigenvalue weighted by molar-refractivity contribution is 6.03. The van der Waals surface area contributed by atoms with Gasteiger partial charge in [-0.25, -0.2) is 9.37 Å². The van der Waals surface area contributed by atoms with Crippen LogP contribution in [0.3, 0.4) is 0 Å². The van der Waals surface area contributed by atoms with E-state index in [0.717, 1.165) is 11.1 Å². The number of carbonyl (C=O) groups excluding carboxylic acids is 3. The van der Waals surface area contributed by atoms with E-state index in [1.54, 1.807) is 30.5 Å². The molecule has 8 heteroatoms. The monoisotopic (exact) mass is 490 g/mol. The molecule has 2 aromatic carbocycles. The largest absolute Gasteiger partial charge is 0.352 e. The van der Waals surface area contributed by atoms with Crippen molar-refractivity contribution in [1.82, 2.24) is 10.3 Å². The highest BCUT2D eigenvalue weighted by Gasteiger charge is 2.33. The number of amides is 3. The molecule has 36 heavy (non-hydrogen) atoms. The molecule has 3 aromatic rings. The van der Waals surface area contributed by atoms with Gasteiger partial charge in [0.05, 0.1) is 0 Å². The van der Waals surface area contributed by atoms with Crippen molar-refractivity contribution >= 4 is 29.2 Å². The molecule has 0 fully saturated rings. The van der Waals surface area contributed by atoms with Gasteiger partial charge in [0.1, 0.15) is 17.7 Å². The second-order valence-electron chi connectivity index (χ2n) is 8.99. The minimum absolute atomic E-state index is 0.0985. The van der Waals surface area contributed by atoms with Crippen LogP contribution < -0.4 is 15.5 Å². The molecule has 1 heterocycles. The van der Waals surface area contributed by atoms with Crippen molar-refractivity contribution in [3.8, 4) is 0 Å². The first-order chi connectivity index (χ1) is 17.1. The summed E-state index contributed by atoms with van der Waals surface area (Å²) >= 11 is 0. The van der Waals surface area contributed by atoms with Gasteiger partial charge in [-0.2, -0.15) is 0 Å². The van der Waals surface area contributed by atoms with Crippen LogP contribution in [0.25, 0.3) is 0 Å². The van der Waals surface area contributed by atoms with Crippen LogP contribution in [-0.4, -0.2) is 28.7 Å². The Morgan fingerprint density at radius 1 is 0.944 bits per heavy atom. The van der Waals surface area contributed by atoms with Gasteiger partial charge in [0, 0.05) is 30.8 Å². The van der Waals surface area contributed by atoms with E-state index in [1.165, 1.54) is 29.2 Å². The maximum atomic E-state index is 13.7. The number of aromatic nitrogens is 1. The average molecular weight is 491 g/mol. The number of hydrogen-bond donors (Lipinski definition) is 2. The predicted octanol–water partition coefficient (Wildman–Crippen LogP) is 4.86. The van der Waals surface area contributed by atoms with Crippen LogP contribution in [0.15, 0.2) is 66.9 Å². The zero-order valence-electron chi connectivity index (χ0n) is 20.9. The maximum Gasteiger partial charge on any atom is 0.248 e. The van der Waals surface area contributed by atoms with Crippen molar-refractivity contribution in [2.45, 2.75) is 52.6 Å². The lowest BCUT2D eigenvalue weighted by Crippen LogP contribution is -2.46. The van der Waals surface area contributed by atoms with Crippen molar-refractivity contribution < 1.29 is 18.8 Å². The fourth-order valence-electron chi connectivity index (χ4n) is 3.79. The Morgan fingerprint density at radius 2 is 1.64 bits per heavy atom. The number of carbonyl (C=O) groups is 3. The molecule has 3 rings (SSSR count). The SMILES string of the molecule is Cc1cccc(N(C(=O)CCC(=O)Nc2cc(C)ccn2)C(C(=O)NC(C)C)c2ccc(F)cc2)c1. The van der Waals surface area contributed by atoms with Crippen molar-refractivity contribution in [2.75, 3.05) is 10.2 Å². The Bertz CT molecular complexity index is 1230. The van der Waals surface area contributed by atoms with Crippen LogP contribution in [0.2, 0.25) is 0 Å². The molecule has 0 saturated carbocycles. The smallest absolute Gasteiger partial charge is 0.248 e. The molecule has 0 radical (unpaired) electrons. The zero-order valence-corrected chi connectivity index (χ0v) is 20.9. The first-order valence-electron chi connectivity index (χ1n) is 11.8. The van der Waals surface area contributed by atoms with Gasteiger partial charge in [0.2, 0.25) is 17.7 Å². The van der Waals surface area contributed by atoms with E-state index < -0.39 is 23.7 Å². The lowest BCUT2D eigenvalue weighted by Gasteiger charge is -2.32. The van der Waals surface area contributed by atoms with E-state index in [4.69, 9.17) is 0 Å². The molecule has 1 atom stereocenters. The van der Waals surface area contributed by atoms with Crippen LogP contribution in [-0.2, 0) is 14.4 Å². The summed E-state index contributed by atoms with van der Waals surface area (Å²) in [6.07, 6.45) is 1.35. The van der Waals surface area contributed by atoms with Crippen LogP contribution >= 0.6 is 0 Å². The van der Waals surface area contributed by atoms with E-state index in [1.807, 2.05) is 39.8 Å². The van der Waals surface area contributed by atoms with Crippen LogP contribution in [0.4, 0.5) is 15.9 Å². The summed E-state index contributed by atoms with van der Waals surface area (Å²) in [5, 5.41) is 5.56. The van der Waals surface area contributed by atoms with Gasteiger partial charge in [-0.1, -0.05) is 24.3 Å². The Balaban J connectivity index is 1.92. The summed E-state index contributed by atoms with van der Waals surface area (Å²) in [6, 6.07) is 15.0. The molecule has 1 unspecified atom stereocenters. The Morgan fingerprint density at radius 3 is 2.28 bits per heavy atom. The third kappa shape index (κ3) is 7.21. The number of nitrogens with one attached hydrogen (secondary N) is 2. The molecule has 0 saturated heterocycles. The van der Waals surface area contributed by atoms with Gasteiger partial charge in [-0.05, 0) is 80.8 Å². The average Bonchev–Trinajstić information content (AvgIpc) is 2.81. The molecular formula is C28H31FN4O3. The van der Waals surface area contributed by atoms with Crippen molar-refractivity contribution in [3.63, 3.8) is 0 Å². The molecule has 0 spiro atoms. The molecule has 2 N–H and O–H groups in total. The Hall–Kier alpha value is -4.07. The molecule has 0 aliphatic rings. The number of nitrogens with zero attached hydrogens (tertiary/aromatic N) is 2. The number of benzene rings is 2. The number of halogens is 1. The number of hydrogen-bond acceptors (Lipinski definition) is 4. The molecule has 7 nitrogen and oxygen atoms in total. The third-order valence-corrected chi connectivity index (χ3v) is 5.42. The van der Waals surface area contributed by atoms with E-state index >= 15 is 0 Å². The summed E-state index contributed by atoms with van der Waals surface area (Å²) in [6.45, 7) is 7.41. The molecular weight excluding hydrogens is 459 g/mol. The van der Waals surface area contributed by atoms with E-state index in [-0.39, 0.29) is 24.8 Å². The normalized spacial score (nSPS) is 11.6. The van der Waals surface area contributed by atoms with Gasteiger partial charge in [0.15, 0.2) is 0 Å². The number of aryl methyl sites for hydroxylation is 2. The van der Waals surface area contributed by atoms with Gasteiger partial charge < -0.3 is 10.6 Å². The molecule has 0 aliphatic heterocycles. The molecule has 188 valence electrons. The van der Waals surface area contributed by atoms with Gasteiger partial charge in [-0.3, -0.25) is 19.3 Å². The second kappa shape index (κ2) is 12.1. The van der Waals surface area contributed by atoms with Crippen LogP contribution in [0, 0.1) is 19.7 Å². The highest BCUT2D eigenvalue weighted by atomic mass is 19.1. The second-order valence-corrected chi connectivity index (χ2v) is 8.99. The summed E-state index contributed by atoms with van der Waals surface area (Å²) in [4.78, 5) is 45.0. The number of rotatable bonds is 9. The summed E-state index contributed by atoms with van der Waals surface area (Å²) in [7, 11) is 0. The fraction of sp³-hybridized carbons (Fsp3) is 0.286. The fourth-order valence-corrected chi connectivity index (χ4v) is 3.79. The Kier molecular flexibility index (Phi) is 8.89. The standard InChI is InChI=1S/C28H31FN4O3/c1-18(2)31-28(36)27(21-8-10-22(29)11-9-21)33(23-7-5-6-19(3)16-23)26(35)13-12-25(34)32-24-17-20(4)14-15-30-24/h5-11,14-18,27H,12-13H2,1-4H3,(H,31,36)(H,30,32,34). The quantitative estimate of drug-likeness (QED) is 0.448. The minimum atomic E-state index is -1.05. The van der Waals surface area contributed by atoms with Crippen LogP contribution in [0.5, 0.6) is 0 Å². The van der Waals surface area contributed by atoms with Crippen molar-refractivity contribution in [3.05, 3.63) is 89.4 Å². The molecule has 0 aliphatic carbocycles. The maximum absolute atomic E-state index is 13.7. The van der Waals surface area contributed by atoms with E-state index in [0.29, 0.717) is 17.1 Å². The lowest BCUT2D eigenvalue weighted by molar-refractivity contribution is -0.127. The van der Waals surface area contributed by atoms with Crippen molar-refractivity contribution in [1.29, 1.82) is 0 Å². The van der Waals surface area contributed by atoms with Gasteiger partial charge in [0.25, 0.3) is 0 Å². The van der Waals surface area contributed by atoms with Crippen LogP contribution in [0.1, 0.15) is 49.4 Å². The van der Waals surface area contributed by atoms with E-state index in [9.17, 15) is 18.8 Å². The number of pyridine rings is 1. The topological polar surface area (TPSA) is 91.4 Å². The summed E-state index contributed by atoms with van der Waals surface area (Å²) in [5.41, 5.74) is 2.81. The minimum Gasteiger partial charge on any atom is -0.352 e. The molecule has 1 aromatic heterocycles. The predicted molar refractivity (Wildman–Crippen MR) is 138 cm³/mol. The lowest BCUT2D eigenvalue weighted by atomic mass is 10.0.